The summed E-state index contributed by atoms with van der Waals surface area (Å²) in [5, 5.41) is 15.0. The van der Waals surface area contributed by atoms with E-state index in [-0.39, 0.29) is 57.6 Å². The summed E-state index contributed by atoms with van der Waals surface area (Å²) >= 11 is 0. The highest BCUT2D eigenvalue weighted by Gasteiger charge is 2.69. The van der Waals surface area contributed by atoms with E-state index in [0.29, 0.717) is 35.8 Å². The highest BCUT2D eigenvalue weighted by molar-refractivity contribution is 6.02. The molecule has 3 N–H and O–H groups in total. The third-order valence-electron chi connectivity index (χ3n) is 15.7. The predicted octanol–water partition coefficient (Wildman–Crippen LogP) is 9.59. The Morgan fingerprint density at radius 3 is 1.91 bits per heavy atom. The lowest BCUT2D eigenvalue weighted by Crippen LogP contribution is -2.65. The van der Waals surface area contributed by atoms with E-state index in [1.807, 2.05) is 19.1 Å². The van der Waals surface area contributed by atoms with E-state index in [0.717, 1.165) is 24.8 Å². The fourth-order valence-electron chi connectivity index (χ4n) is 13.3. The number of hydrogen-bond acceptors (Lipinski definition) is 4. The largest absolute Gasteiger partial charge is 0.478 e. The van der Waals surface area contributed by atoms with Crippen LogP contribution in [0.4, 0.5) is 0 Å². The fraction of sp³-hybridized carbons (Fsp3) is 0.569. The van der Waals surface area contributed by atoms with Crippen molar-refractivity contribution in [2.45, 2.75) is 119 Å². The second kappa shape index (κ2) is 20.1. The molecule has 4 saturated carbocycles. The Kier molecular flexibility index (Phi) is 17.1. The van der Waals surface area contributed by atoms with Crippen molar-refractivity contribution in [3.63, 3.8) is 0 Å². The second-order valence-electron chi connectivity index (χ2n) is 18.2. The van der Waals surface area contributed by atoms with Crippen molar-refractivity contribution >= 4 is 29.3 Å². The lowest BCUT2D eigenvalue weighted by molar-refractivity contribution is -0.222. The molecule has 3 amide bonds. The van der Waals surface area contributed by atoms with Crippen molar-refractivity contribution in [2.75, 3.05) is 6.54 Å². The van der Waals surface area contributed by atoms with Gasteiger partial charge in [0.05, 0.1) is 11.5 Å². The summed E-state index contributed by atoms with van der Waals surface area (Å²) in [7, 11) is 0. The average Bonchev–Trinajstić information content (AvgIpc) is 3.64. The number of carboxylic acids is 1. The van der Waals surface area contributed by atoms with Crippen LogP contribution >= 0.6 is 0 Å². The highest BCUT2D eigenvalue weighted by Crippen LogP contribution is 2.77. The number of terminal acetylenes is 4. The zero-order valence-corrected chi connectivity index (χ0v) is 35.9. The van der Waals surface area contributed by atoms with Gasteiger partial charge in [0.2, 0.25) is 17.7 Å². The number of benzene rings is 1. The molecule has 8 atom stereocenters. The molecule has 7 nitrogen and oxygen atoms in total. The monoisotopic (exact) mass is 789 g/mol. The Balaban J connectivity index is 0.000000969. The number of carbonyl (C=O) groups excluding carboxylic acids is 3. The maximum Gasteiger partial charge on any atom is 0.335 e. The number of fused-ring (bicyclic) bond motifs is 7. The maximum absolute atomic E-state index is 13.2. The van der Waals surface area contributed by atoms with Gasteiger partial charge in [-0.1, -0.05) is 65.3 Å². The Bertz CT molecular complexity index is 1720. The molecule has 5 aliphatic carbocycles. The maximum atomic E-state index is 13.2. The molecule has 312 valence electrons. The Hall–Kier alpha value is -4.98. The Morgan fingerprint density at radius 2 is 1.36 bits per heavy atom. The number of carbonyl (C=O) groups is 4. The van der Waals surface area contributed by atoms with Crippen LogP contribution in [0.25, 0.3) is 5.57 Å². The molecule has 1 aromatic rings. The van der Waals surface area contributed by atoms with Crippen LogP contribution in [-0.4, -0.2) is 35.3 Å². The molecule has 5 fully saturated rings. The Labute approximate surface area is 350 Å². The van der Waals surface area contributed by atoms with Crippen molar-refractivity contribution < 1.29 is 24.3 Å². The van der Waals surface area contributed by atoms with Crippen LogP contribution in [0.3, 0.4) is 0 Å². The van der Waals surface area contributed by atoms with Crippen molar-refractivity contribution in [1.29, 1.82) is 0 Å². The van der Waals surface area contributed by atoms with Crippen molar-refractivity contribution in [2.24, 2.45) is 56.7 Å². The number of rotatable bonds is 5. The van der Waals surface area contributed by atoms with Gasteiger partial charge in [-0.15, -0.1) is 58.0 Å². The molecule has 1 aliphatic heterocycles. The zero-order chi connectivity index (χ0) is 44.3. The number of amides is 3. The van der Waals surface area contributed by atoms with E-state index in [4.69, 9.17) is 0 Å². The summed E-state index contributed by atoms with van der Waals surface area (Å²) in [5.74, 6) is 0.199. The highest BCUT2D eigenvalue weighted by atomic mass is 16.4. The van der Waals surface area contributed by atoms with Crippen LogP contribution in [-0.2, 0) is 14.4 Å². The van der Waals surface area contributed by atoms with Crippen LogP contribution in [0.1, 0.15) is 135 Å². The molecule has 0 aromatic heterocycles. The third kappa shape index (κ3) is 8.72. The molecular weight excluding hydrogens is 721 g/mol. The predicted molar refractivity (Wildman–Crippen MR) is 236 cm³/mol. The van der Waals surface area contributed by atoms with Crippen LogP contribution < -0.4 is 10.6 Å². The minimum absolute atomic E-state index is 0.00811. The number of nitrogens with one attached hydrogen (secondary N) is 2. The topological polar surface area (TPSA) is 113 Å². The van der Waals surface area contributed by atoms with E-state index in [1.54, 1.807) is 18.2 Å². The summed E-state index contributed by atoms with van der Waals surface area (Å²) in [4.78, 5) is 48.6. The fourth-order valence-corrected chi connectivity index (χ4v) is 13.3. The minimum Gasteiger partial charge on any atom is -0.478 e. The number of carboxylic acid groups (broad SMARTS) is 1. The zero-order valence-electron chi connectivity index (χ0n) is 35.9. The smallest absolute Gasteiger partial charge is 0.335 e. The van der Waals surface area contributed by atoms with E-state index in [2.05, 4.69) is 109 Å². The van der Waals surface area contributed by atoms with Gasteiger partial charge in [-0.3, -0.25) is 19.7 Å². The first-order valence-electron chi connectivity index (χ1n) is 20.6. The van der Waals surface area contributed by atoms with Crippen molar-refractivity contribution in [3.8, 4) is 51.4 Å². The lowest BCUT2D eigenvalue weighted by Gasteiger charge is -2.72. The molecule has 7 rings (SSSR count). The van der Waals surface area contributed by atoms with Crippen LogP contribution in [0, 0.1) is 108 Å². The SMILES string of the molecule is C#C.C#C.C#C.C#C.C=CC.CC1(C)C(c2ccc(C(=O)O)cc2)=CC[C@@]2(C)C1CC[C@]1(C)C2CC[C@@H]2C3CCC[C@]3(CNC(=O)C3CC(=O)NC(=O)C3)CC[C@]21C. The standard InChI is InChI=1S/C40H54N2O5.C3H6.4C2H2/c1-36(2)27(24-8-10-25(11-9-24)35(46)47)14-17-37(3)30(36)15-18-39(5)31(37)13-12-28-29-7-6-16-40(29,20-19-38(28,39)4)23-41-34(45)26-21-32(43)42-33(44)22-26;1-3-2;4*1-2/h8-11,14,26,28-31H,6-7,12-13,15-23H2,1-5H3,(H,41,45)(H,46,47)(H,42,43,44);3H,1H2,2H3;4*1-2H/t28-,29?,30?,31?,37+,38-,39-,40-;;;;;/m1...../s1. The summed E-state index contributed by atoms with van der Waals surface area (Å²) in [5.41, 5.74) is 3.67. The third-order valence-corrected chi connectivity index (χ3v) is 15.7. The molecule has 58 heavy (non-hydrogen) atoms. The van der Waals surface area contributed by atoms with Crippen LogP contribution in [0.2, 0.25) is 0 Å². The van der Waals surface area contributed by atoms with E-state index in [1.165, 1.54) is 50.5 Å². The second-order valence-corrected chi connectivity index (χ2v) is 18.2. The van der Waals surface area contributed by atoms with Gasteiger partial charge in [0.25, 0.3) is 0 Å². The lowest BCUT2D eigenvalue weighted by atomic mass is 9.32. The molecule has 7 heteroatoms. The van der Waals surface area contributed by atoms with E-state index in [9.17, 15) is 24.3 Å². The first-order valence-corrected chi connectivity index (χ1v) is 20.6. The van der Waals surface area contributed by atoms with Gasteiger partial charge in [-0.25, -0.2) is 4.79 Å². The summed E-state index contributed by atoms with van der Waals surface area (Å²) in [6.45, 7) is 18.7. The first-order chi connectivity index (χ1) is 27.6. The molecule has 0 radical (unpaired) electrons. The molecule has 3 unspecified atom stereocenters. The van der Waals surface area contributed by atoms with Crippen molar-refractivity contribution in [1.82, 2.24) is 10.6 Å². The van der Waals surface area contributed by atoms with Gasteiger partial charge in [0, 0.05) is 19.4 Å². The van der Waals surface area contributed by atoms with Crippen molar-refractivity contribution in [3.05, 3.63) is 54.1 Å². The molecule has 0 bridgehead atoms. The number of aromatic carboxylic acids is 1. The van der Waals surface area contributed by atoms with Gasteiger partial charge in [-0.05, 0) is 139 Å². The van der Waals surface area contributed by atoms with Gasteiger partial charge in [-0.2, -0.15) is 0 Å². The number of imide groups is 1. The Morgan fingerprint density at radius 1 is 0.793 bits per heavy atom. The van der Waals surface area contributed by atoms with Crippen LogP contribution in [0.5, 0.6) is 0 Å². The van der Waals surface area contributed by atoms with Gasteiger partial charge in [0.1, 0.15) is 0 Å². The van der Waals surface area contributed by atoms with E-state index >= 15 is 0 Å². The first kappa shape index (κ1) is 49.2. The quantitative estimate of drug-likeness (QED) is 0.156. The van der Waals surface area contributed by atoms with Gasteiger partial charge >= 0.3 is 5.97 Å². The molecule has 1 saturated heterocycles. The normalized spacial score (nSPS) is 33.6. The summed E-state index contributed by atoms with van der Waals surface area (Å²) in [6, 6.07) is 7.50. The average molecular weight is 789 g/mol. The molecule has 6 aliphatic rings. The summed E-state index contributed by atoms with van der Waals surface area (Å²) < 4.78 is 0. The molecular formula is C51H68N2O5. The summed E-state index contributed by atoms with van der Waals surface area (Å²) in [6.07, 6.45) is 48.4. The minimum atomic E-state index is -0.883. The number of hydrogen-bond donors (Lipinski definition) is 3. The molecule has 1 aromatic carbocycles. The van der Waals surface area contributed by atoms with E-state index < -0.39 is 11.9 Å². The molecule has 1 heterocycles. The van der Waals surface area contributed by atoms with Gasteiger partial charge in [0.15, 0.2) is 0 Å². The van der Waals surface area contributed by atoms with Crippen LogP contribution in [0.15, 0.2) is 43.0 Å². The number of piperidine rings is 1. The number of allylic oxidation sites excluding steroid dienone is 3. The van der Waals surface area contributed by atoms with Gasteiger partial charge < -0.3 is 10.4 Å². The molecule has 0 spiro atoms.